The van der Waals surface area contributed by atoms with Crippen LogP contribution in [-0.4, -0.2) is 29.8 Å². The number of hydrogen-bond donors (Lipinski definition) is 3. The molecule has 0 aromatic heterocycles. The van der Waals surface area contributed by atoms with Gasteiger partial charge in [-0.25, -0.2) is 0 Å². The number of hydrogen-bond acceptors (Lipinski definition) is 4. The Morgan fingerprint density at radius 1 is 1.50 bits per heavy atom. The molecule has 20 heavy (non-hydrogen) atoms. The first-order chi connectivity index (χ1) is 9.49. The molecular formula is C15H24N2O3. The molecule has 0 aliphatic heterocycles. The molecule has 0 radical (unpaired) electrons. The highest BCUT2D eigenvalue weighted by Gasteiger charge is 2.23. The Labute approximate surface area is 120 Å². The van der Waals surface area contributed by atoms with Gasteiger partial charge in [-0.15, -0.1) is 0 Å². The summed E-state index contributed by atoms with van der Waals surface area (Å²) in [5, 5.41) is 11.9. The Bertz CT molecular complexity index is 437. The Hall–Kier alpha value is -1.75. The zero-order chi connectivity index (χ0) is 15.0. The van der Waals surface area contributed by atoms with Crippen LogP contribution in [0.15, 0.2) is 24.3 Å². The number of anilines is 1. The highest BCUT2D eigenvalue weighted by molar-refractivity contribution is 5.76. The number of carbonyl (C=O) groups is 1. The molecule has 0 aliphatic rings. The van der Waals surface area contributed by atoms with Crippen LogP contribution in [0.1, 0.15) is 33.1 Å². The lowest BCUT2D eigenvalue weighted by molar-refractivity contribution is -0.123. The lowest BCUT2D eigenvalue weighted by Crippen LogP contribution is -2.46. The minimum Gasteiger partial charge on any atom is -0.493 e. The lowest BCUT2D eigenvalue weighted by Gasteiger charge is -2.29. The zero-order valence-electron chi connectivity index (χ0n) is 12.2. The highest BCUT2D eigenvalue weighted by atomic mass is 16.5. The molecule has 4 N–H and O–H groups in total. The van der Waals surface area contributed by atoms with Crippen molar-refractivity contribution in [3.8, 4) is 5.75 Å². The average Bonchev–Trinajstić information content (AvgIpc) is 2.39. The minimum absolute atomic E-state index is 0.0599. The summed E-state index contributed by atoms with van der Waals surface area (Å²) in [7, 11) is 0. The van der Waals surface area contributed by atoms with Crippen molar-refractivity contribution >= 4 is 11.6 Å². The average molecular weight is 280 g/mol. The molecule has 1 atom stereocenters. The summed E-state index contributed by atoms with van der Waals surface area (Å²) >= 11 is 0. The summed E-state index contributed by atoms with van der Waals surface area (Å²) < 4.78 is 5.48. The third kappa shape index (κ3) is 5.48. The molecule has 5 heteroatoms. The third-order valence-corrected chi connectivity index (χ3v) is 3.34. The van der Waals surface area contributed by atoms with E-state index in [1.807, 2.05) is 13.8 Å². The Balaban J connectivity index is 2.36. The predicted octanol–water partition coefficient (Wildman–Crippen LogP) is 1.70. The van der Waals surface area contributed by atoms with Crippen molar-refractivity contribution < 1.29 is 14.6 Å². The van der Waals surface area contributed by atoms with Gasteiger partial charge in [0, 0.05) is 23.9 Å². The summed E-state index contributed by atoms with van der Waals surface area (Å²) in [6.45, 7) is 4.28. The summed E-state index contributed by atoms with van der Waals surface area (Å²) in [4.78, 5) is 11.9. The number of ether oxygens (including phenoxy) is 1. The number of nitrogens with two attached hydrogens (primary N) is 1. The molecule has 1 aromatic rings. The van der Waals surface area contributed by atoms with Crippen molar-refractivity contribution in [1.82, 2.24) is 5.32 Å². The van der Waals surface area contributed by atoms with Gasteiger partial charge in [-0.1, -0.05) is 13.0 Å². The van der Waals surface area contributed by atoms with Crippen molar-refractivity contribution in [3.05, 3.63) is 24.3 Å². The van der Waals surface area contributed by atoms with E-state index < -0.39 is 0 Å². The van der Waals surface area contributed by atoms with Crippen LogP contribution in [0.2, 0.25) is 0 Å². The summed E-state index contributed by atoms with van der Waals surface area (Å²) in [5.74, 6) is 0.582. The molecule has 0 spiro atoms. The van der Waals surface area contributed by atoms with Crippen molar-refractivity contribution in [2.75, 3.05) is 18.9 Å². The fourth-order valence-corrected chi connectivity index (χ4v) is 1.84. The maximum absolute atomic E-state index is 11.9. The molecule has 5 nitrogen and oxygen atoms in total. The molecule has 112 valence electrons. The minimum atomic E-state index is -0.358. The number of aliphatic hydroxyl groups excluding tert-OH is 1. The zero-order valence-corrected chi connectivity index (χ0v) is 12.2. The normalized spacial score (nSPS) is 13.6. The van der Waals surface area contributed by atoms with E-state index in [-0.39, 0.29) is 24.5 Å². The van der Waals surface area contributed by atoms with Crippen molar-refractivity contribution in [2.24, 2.45) is 0 Å². The Kier molecular flexibility index (Phi) is 6.31. The van der Waals surface area contributed by atoms with E-state index in [1.165, 1.54) is 0 Å². The second-order valence-corrected chi connectivity index (χ2v) is 5.11. The van der Waals surface area contributed by atoms with Crippen molar-refractivity contribution in [3.63, 3.8) is 0 Å². The van der Waals surface area contributed by atoms with Crippen LogP contribution in [-0.2, 0) is 4.79 Å². The van der Waals surface area contributed by atoms with Crippen molar-refractivity contribution in [2.45, 2.75) is 38.6 Å². The van der Waals surface area contributed by atoms with Gasteiger partial charge in [-0.3, -0.25) is 4.79 Å². The van der Waals surface area contributed by atoms with E-state index in [0.717, 1.165) is 6.42 Å². The van der Waals surface area contributed by atoms with Crippen molar-refractivity contribution in [1.29, 1.82) is 0 Å². The summed E-state index contributed by atoms with van der Waals surface area (Å²) in [6, 6.07) is 7.11. The predicted molar refractivity (Wildman–Crippen MR) is 79.5 cm³/mol. The molecule has 1 rings (SSSR count). The van der Waals surface area contributed by atoms with Gasteiger partial charge >= 0.3 is 0 Å². The van der Waals surface area contributed by atoms with Crippen LogP contribution < -0.4 is 15.8 Å². The Morgan fingerprint density at radius 3 is 2.85 bits per heavy atom. The molecular weight excluding hydrogens is 256 g/mol. The number of amides is 1. The van der Waals surface area contributed by atoms with Gasteiger partial charge in [0.25, 0.3) is 0 Å². The van der Waals surface area contributed by atoms with Crippen LogP contribution in [0.4, 0.5) is 5.69 Å². The second kappa shape index (κ2) is 7.75. The number of benzene rings is 1. The number of nitrogen functional groups attached to an aromatic ring is 1. The molecule has 0 aliphatic carbocycles. The maximum atomic E-state index is 11.9. The quantitative estimate of drug-likeness (QED) is 0.633. The van der Waals surface area contributed by atoms with Gasteiger partial charge in [0.2, 0.25) is 5.91 Å². The van der Waals surface area contributed by atoms with E-state index in [9.17, 15) is 4.79 Å². The molecule has 0 saturated heterocycles. The fourth-order valence-electron chi connectivity index (χ4n) is 1.84. The molecule has 0 heterocycles. The topological polar surface area (TPSA) is 84.6 Å². The third-order valence-electron chi connectivity index (χ3n) is 3.34. The van der Waals surface area contributed by atoms with E-state index in [2.05, 4.69) is 5.32 Å². The summed E-state index contributed by atoms with van der Waals surface area (Å²) in [5.41, 5.74) is 5.92. The van der Waals surface area contributed by atoms with E-state index >= 15 is 0 Å². The first-order valence-corrected chi connectivity index (χ1v) is 6.89. The van der Waals surface area contributed by atoms with Gasteiger partial charge in [0.15, 0.2) is 0 Å². The van der Waals surface area contributed by atoms with E-state index in [4.69, 9.17) is 15.6 Å². The number of aliphatic hydroxyl groups is 1. The summed E-state index contributed by atoms with van der Waals surface area (Å²) in [6.07, 6.45) is 1.59. The van der Waals surface area contributed by atoms with Crippen LogP contribution in [0.5, 0.6) is 5.75 Å². The maximum Gasteiger partial charge on any atom is 0.223 e. The molecule has 0 bridgehead atoms. The van der Waals surface area contributed by atoms with Crippen LogP contribution in [0.25, 0.3) is 0 Å². The fraction of sp³-hybridized carbons (Fsp3) is 0.533. The first kappa shape index (κ1) is 16.3. The number of nitrogens with one attached hydrogen (secondary N) is 1. The van der Waals surface area contributed by atoms with Gasteiger partial charge < -0.3 is 20.9 Å². The number of carbonyl (C=O) groups excluding carboxylic acids is 1. The van der Waals surface area contributed by atoms with E-state index in [0.29, 0.717) is 24.5 Å². The van der Waals surface area contributed by atoms with Crippen LogP contribution >= 0.6 is 0 Å². The largest absolute Gasteiger partial charge is 0.493 e. The molecule has 0 saturated carbocycles. The van der Waals surface area contributed by atoms with Gasteiger partial charge in [0.1, 0.15) is 5.75 Å². The standard InChI is InChI=1S/C15H24N2O3/c1-3-15(2,8-9-18)17-14(19)7-10-20-13-6-4-5-12(16)11-13/h4-6,11,18H,3,7-10,16H2,1-2H3,(H,17,19). The van der Waals surface area contributed by atoms with Gasteiger partial charge in [-0.2, -0.15) is 0 Å². The lowest BCUT2D eigenvalue weighted by atomic mass is 9.95. The molecule has 0 fully saturated rings. The van der Waals surface area contributed by atoms with E-state index in [1.54, 1.807) is 24.3 Å². The smallest absolute Gasteiger partial charge is 0.223 e. The first-order valence-electron chi connectivity index (χ1n) is 6.89. The second-order valence-electron chi connectivity index (χ2n) is 5.11. The molecule has 1 unspecified atom stereocenters. The molecule has 1 amide bonds. The van der Waals surface area contributed by atoms with Gasteiger partial charge in [-0.05, 0) is 31.9 Å². The van der Waals surface area contributed by atoms with Crippen LogP contribution in [0, 0.1) is 0 Å². The molecule has 1 aromatic carbocycles. The highest BCUT2D eigenvalue weighted by Crippen LogP contribution is 2.15. The Morgan fingerprint density at radius 2 is 2.25 bits per heavy atom. The van der Waals surface area contributed by atoms with Crippen LogP contribution in [0.3, 0.4) is 0 Å². The van der Waals surface area contributed by atoms with Gasteiger partial charge in [0.05, 0.1) is 13.0 Å². The SMILES string of the molecule is CCC(C)(CCO)NC(=O)CCOc1cccc(N)c1. The number of rotatable bonds is 8. The monoisotopic (exact) mass is 280 g/mol.